The first-order valence-electron chi connectivity index (χ1n) is 5.58. The topological polar surface area (TPSA) is 59.3 Å². The number of fused-ring (bicyclic) bond motifs is 1. The minimum atomic E-state index is -0.284. The lowest BCUT2D eigenvalue weighted by Gasteiger charge is -2.00. The van der Waals surface area contributed by atoms with Crippen LogP contribution in [0.2, 0.25) is 5.02 Å². The first kappa shape index (κ1) is 11.7. The Bertz CT molecular complexity index is 739. The Balaban J connectivity index is 1.89. The van der Waals surface area contributed by atoms with Gasteiger partial charge in [-0.2, -0.15) is 0 Å². The summed E-state index contributed by atoms with van der Waals surface area (Å²) in [5, 5.41) is 3.31. The van der Waals surface area contributed by atoms with E-state index in [4.69, 9.17) is 11.6 Å². The molecule has 0 aliphatic carbocycles. The molecule has 3 rings (SSSR count). The molecule has 94 valence electrons. The number of carbonyl (C=O) groups excluding carboxylic acids is 1. The molecule has 6 heteroatoms. The molecule has 5 nitrogen and oxygen atoms in total. The molecule has 1 amide bonds. The van der Waals surface area contributed by atoms with Crippen molar-refractivity contribution in [3.63, 3.8) is 0 Å². The van der Waals surface area contributed by atoms with Gasteiger partial charge in [0.05, 0.1) is 16.9 Å². The van der Waals surface area contributed by atoms with E-state index in [0.717, 1.165) is 0 Å². The largest absolute Gasteiger partial charge is 0.319 e. The number of anilines is 1. The summed E-state index contributed by atoms with van der Waals surface area (Å²) < 4.78 is 1.71. The molecule has 0 bridgehead atoms. The first-order chi connectivity index (χ1) is 9.22. The molecular formula is C13H9ClN4O. The summed E-state index contributed by atoms with van der Waals surface area (Å²) in [6.45, 7) is 0. The van der Waals surface area contributed by atoms with Crippen LogP contribution in [0, 0.1) is 0 Å². The molecule has 0 saturated heterocycles. The van der Waals surface area contributed by atoms with Crippen LogP contribution in [0.1, 0.15) is 10.5 Å². The normalized spacial score (nSPS) is 10.6. The van der Waals surface area contributed by atoms with Crippen LogP contribution in [-0.2, 0) is 0 Å². The molecule has 3 aromatic heterocycles. The standard InChI is InChI=1S/C13H9ClN4O/c14-9-3-4-12-17-11(8-18(12)7-9)13(19)16-10-2-1-5-15-6-10/h1-8H,(H,16,19). The fourth-order valence-corrected chi connectivity index (χ4v) is 1.87. The zero-order valence-electron chi connectivity index (χ0n) is 9.75. The monoisotopic (exact) mass is 272 g/mol. The van der Waals surface area contributed by atoms with E-state index in [-0.39, 0.29) is 5.91 Å². The number of amides is 1. The summed E-state index contributed by atoms with van der Waals surface area (Å²) >= 11 is 5.88. The van der Waals surface area contributed by atoms with Gasteiger partial charge in [-0.3, -0.25) is 9.78 Å². The SMILES string of the molecule is O=C(Nc1cccnc1)c1cn2cc(Cl)ccc2n1. The Morgan fingerprint density at radius 2 is 2.16 bits per heavy atom. The second-order valence-corrected chi connectivity index (χ2v) is 4.37. The zero-order valence-corrected chi connectivity index (χ0v) is 10.5. The lowest BCUT2D eigenvalue weighted by molar-refractivity contribution is 0.102. The fourth-order valence-electron chi connectivity index (χ4n) is 1.71. The highest BCUT2D eigenvalue weighted by Gasteiger charge is 2.11. The van der Waals surface area contributed by atoms with E-state index in [2.05, 4.69) is 15.3 Å². The van der Waals surface area contributed by atoms with Gasteiger partial charge in [-0.15, -0.1) is 0 Å². The van der Waals surface area contributed by atoms with Gasteiger partial charge in [0, 0.05) is 18.6 Å². The van der Waals surface area contributed by atoms with Crippen LogP contribution in [-0.4, -0.2) is 20.3 Å². The fraction of sp³-hybridized carbons (Fsp3) is 0. The zero-order chi connectivity index (χ0) is 13.2. The summed E-state index contributed by atoms with van der Waals surface area (Å²) in [4.78, 5) is 20.2. The number of rotatable bonds is 2. The molecule has 0 spiro atoms. The van der Waals surface area contributed by atoms with Gasteiger partial charge in [0.15, 0.2) is 0 Å². The third-order valence-corrected chi connectivity index (χ3v) is 2.79. The van der Waals surface area contributed by atoms with Crippen LogP contribution >= 0.6 is 11.6 Å². The summed E-state index contributed by atoms with van der Waals surface area (Å²) in [5.41, 5.74) is 1.62. The summed E-state index contributed by atoms with van der Waals surface area (Å²) in [6.07, 6.45) is 6.55. The highest BCUT2D eigenvalue weighted by atomic mass is 35.5. The molecule has 0 aromatic carbocycles. The van der Waals surface area contributed by atoms with E-state index >= 15 is 0 Å². The number of nitrogens with one attached hydrogen (secondary N) is 1. The molecule has 0 radical (unpaired) electrons. The van der Waals surface area contributed by atoms with Gasteiger partial charge in [-0.25, -0.2) is 4.98 Å². The molecule has 0 atom stereocenters. The number of nitrogens with zero attached hydrogens (tertiary/aromatic N) is 3. The second-order valence-electron chi connectivity index (χ2n) is 3.93. The van der Waals surface area contributed by atoms with Crippen molar-refractivity contribution in [1.29, 1.82) is 0 Å². The predicted octanol–water partition coefficient (Wildman–Crippen LogP) is 2.64. The van der Waals surface area contributed by atoms with Crippen LogP contribution in [0.3, 0.4) is 0 Å². The summed E-state index contributed by atoms with van der Waals surface area (Å²) in [5.74, 6) is -0.284. The molecule has 3 aromatic rings. The number of halogens is 1. The highest BCUT2D eigenvalue weighted by Crippen LogP contribution is 2.13. The van der Waals surface area contributed by atoms with E-state index in [1.54, 1.807) is 53.5 Å². The van der Waals surface area contributed by atoms with E-state index in [1.807, 2.05) is 0 Å². The van der Waals surface area contributed by atoms with Gasteiger partial charge >= 0.3 is 0 Å². The van der Waals surface area contributed by atoms with E-state index in [9.17, 15) is 4.79 Å². The Kier molecular flexibility index (Phi) is 2.89. The first-order valence-corrected chi connectivity index (χ1v) is 5.96. The van der Waals surface area contributed by atoms with E-state index < -0.39 is 0 Å². The molecular weight excluding hydrogens is 264 g/mol. The number of hydrogen-bond acceptors (Lipinski definition) is 3. The molecule has 0 unspecified atom stereocenters. The van der Waals surface area contributed by atoms with Gasteiger partial charge in [-0.1, -0.05) is 11.6 Å². The molecule has 19 heavy (non-hydrogen) atoms. The van der Waals surface area contributed by atoms with Crippen molar-refractivity contribution in [1.82, 2.24) is 14.4 Å². The van der Waals surface area contributed by atoms with Crippen molar-refractivity contribution in [2.45, 2.75) is 0 Å². The Labute approximate surface area is 113 Å². The number of carbonyl (C=O) groups is 1. The maximum Gasteiger partial charge on any atom is 0.275 e. The van der Waals surface area contributed by atoms with Crippen LogP contribution < -0.4 is 5.32 Å². The number of aromatic nitrogens is 3. The van der Waals surface area contributed by atoms with E-state index in [0.29, 0.717) is 22.1 Å². The number of hydrogen-bond donors (Lipinski definition) is 1. The Morgan fingerprint density at radius 1 is 1.26 bits per heavy atom. The quantitative estimate of drug-likeness (QED) is 0.780. The summed E-state index contributed by atoms with van der Waals surface area (Å²) in [7, 11) is 0. The third-order valence-electron chi connectivity index (χ3n) is 2.57. The number of imidazole rings is 1. The minimum Gasteiger partial charge on any atom is -0.319 e. The van der Waals surface area contributed by atoms with Gasteiger partial charge < -0.3 is 9.72 Å². The van der Waals surface area contributed by atoms with Gasteiger partial charge in [0.1, 0.15) is 11.3 Å². The van der Waals surface area contributed by atoms with Crippen molar-refractivity contribution < 1.29 is 4.79 Å². The van der Waals surface area contributed by atoms with Crippen molar-refractivity contribution in [2.75, 3.05) is 5.32 Å². The van der Waals surface area contributed by atoms with Crippen LogP contribution in [0.15, 0.2) is 49.1 Å². The average Bonchev–Trinajstić information content (AvgIpc) is 2.83. The molecule has 1 N–H and O–H groups in total. The number of pyridine rings is 2. The maximum absolute atomic E-state index is 12.0. The third kappa shape index (κ3) is 2.41. The molecule has 0 aliphatic rings. The molecule has 0 fully saturated rings. The van der Waals surface area contributed by atoms with Crippen molar-refractivity contribution >= 4 is 28.8 Å². The second kappa shape index (κ2) is 4.70. The lowest BCUT2D eigenvalue weighted by atomic mass is 10.4. The lowest BCUT2D eigenvalue weighted by Crippen LogP contribution is -2.12. The van der Waals surface area contributed by atoms with Crippen molar-refractivity contribution in [3.05, 3.63) is 59.8 Å². The minimum absolute atomic E-state index is 0.284. The smallest absolute Gasteiger partial charge is 0.275 e. The molecule has 0 aliphatic heterocycles. The van der Waals surface area contributed by atoms with Gasteiger partial charge in [-0.05, 0) is 24.3 Å². The Morgan fingerprint density at radius 3 is 2.95 bits per heavy atom. The van der Waals surface area contributed by atoms with Crippen molar-refractivity contribution in [3.8, 4) is 0 Å². The molecule has 0 saturated carbocycles. The van der Waals surface area contributed by atoms with Crippen LogP contribution in [0.25, 0.3) is 5.65 Å². The van der Waals surface area contributed by atoms with Crippen LogP contribution in [0.5, 0.6) is 0 Å². The van der Waals surface area contributed by atoms with Gasteiger partial charge in [0.2, 0.25) is 0 Å². The maximum atomic E-state index is 12.0. The van der Waals surface area contributed by atoms with E-state index in [1.165, 1.54) is 0 Å². The van der Waals surface area contributed by atoms with Gasteiger partial charge in [0.25, 0.3) is 5.91 Å². The molecule has 3 heterocycles. The highest BCUT2D eigenvalue weighted by molar-refractivity contribution is 6.30. The van der Waals surface area contributed by atoms with Crippen molar-refractivity contribution in [2.24, 2.45) is 0 Å². The van der Waals surface area contributed by atoms with Crippen LogP contribution in [0.4, 0.5) is 5.69 Å². The average molecular weight is 273 g/mol. The predicted molar refractivity (Wildman–Crippen MR) is 72.4 cm³/mol. The Hall–Kier alpha value is -2.40. The summed E-state index contributed by atoms with van der Waals surface area (Å²) in [6, 6.07) is 6.99.